The molecule has 5 heteroatoms. The van der Waals surface area contributed by atoms with Gasteiger partial charge in [-0.15, -0.1) is 0 Å². The summed E-state index contributed by atoms with van der Waals surface area (Å²) in [5, 5.41) is 0.670. The maximum absolute atomic E-state index is 6.12. The van der Waals surface area contributed by atoms with Gasteiger partial charge in [-0.25, -0.2) is 4.98 Å². The molecule has 21 heavy (non-hydrogen) atoms. The van der Waals surface area contributed by atoms with Gasteiger partial charge in [0.1, 0.15) is 11.4 Å². The number of pyridine rings is 1. The number of nitrogens with two attached hydrogens (primary N) is 1. The Morgan fingerprint density at radius 2 is 2.14 bits per heavy atom. The predicted molar refractivity (Wildman–Crippen MR) is 84.9 cm³/mol. The van der Waals surface area contributed by atoms with Gasteiger partial charge in [0.15, 0.2) is 0 Å². The normalized spacial score (nSPS) is 11.0. The molecule has 108 valence electrons. The lowest BCUT2D eigenvalue weighted by Crippen LogP contribution is -2.04. The Hall–Kier alpha value is -2.04. The smallest absolute Gasteiger partial charge is 0.137 e. The molecule has 0 aliphatic heterocycles. The first-order valence-electron chi connectivity index (χ1n) is 6.74. The van der Waals surface area contributed by atoms with Gasteiger partial charge in [-0.05, 0) is 30.8 Å². The van der Waals surface area contributed by atoms with Gasteiger partial charge >= 0.3 is 0 Å². The molecule has 0 saturated carbocycles. The van der Waals surface area contributed by atoms with E-state index in [9.17, 15) is 0 Å². The topological polar surface area (TPSA) is 52.5 Å². The summed E-state index contributed by atoms with van der Waals surface area (Å²) in [4.78, 5) is 4.66. The number of benzene rings is 1. The Morgan fingerprint density at radius 3 is 2.90 bits per heavy atom. The standard InChI is InChI=1S/C16H16ClN3O/c1-21-13-4-2-3-11(9-13)16-14(7-8-18)19-15-6-5-12(17)10-20(15)16/h2-6,9-10H,7-8,18H2,1H3. The molecule has 0 atom stereocenters. The third-order valence-corrected chi connectivity index (χ3v) is 3.60. The van der Waals surface area contributed by atoms with E-state index in [1.165, 1.54) is 0 Å². The summed E-state index contributed by atoms with van der Waals surface area (Å²) >= 11 is 6.12. The van der Waals surface area contributed by atoms with Crippen LogP contribution in [0.5, 0.6) is 5.75 Å². The van der Waals surface area contributed by atoms with E-state index in [4.69, 9.17) is 22.1 Å². The first-order chi connectivity index (χ1) is 10.2. The van der Waals surface area contributed by atoms with E-state index in [0.29, 0.717) is 18.0 Å². The summed E-state index contributed by atoms with van der Waals surface area (Å²) in [7, 11) is 1.66. The van der Waals surface area contributed by atoms with Gasteiger partial charge < -0.3 is 10.5 Å². The highest BCUT2D eigenvalue weighted by Gasteiger charge is 2.14. The van der Waals surface area contributed by atoms with E-state index in [-0.39, 0.29) is 0 Å². The largest absolute Gasteiger partial charge is 0.497 e. The van der Waals surface area contributed by atoms with Gasteiger partial charge in [-0.3, -0.25) is 4.40 Å². The van der Waals surface area contributed by atoms with Gasteiger partial charge in [-0.2, -0.15) is 0 Å². The Morgan fingerprint density at radius 1 is 1.29 bits per heavy atom. The van der Waals surface area contributed by atoms with Crippen LogP contribution >= 0.6 is 11.6 Å². The molecule has 0 bridgehead atoms. The molecule has 0 aliphatic rings. The van der Waals surface area contributed by atoms with Crippen LogP contribution in [0.25, 0.3) is 16.9 Å². The molecule has 0 spiro atoms. The highest BCUT2D eigenvalue weighted by molar-refractivity contribution is 6.30. The van der Waals surface area contributed by atoms with Crippen LogP contribution in [-0.2, 0) is 6.42 Å². The Balaban J connectivity index is 2.26. The van der Waals surface area contributed by atoms with Crippen LogP contribution in [0, 0.1) is 0 Å². The number of ether oxygens (including phenoxy) is 1. The van der Waals surface area contributed by atoms with Crippen molar-refractivity contribution >= 4 is 17.2 Å². The molecular formula is C16H16ClN3O. The van der Waals surface area contributed by atoms with E-state index in [0.717, 1.165) is 28.3 Å². The fraction of sp³-hybridized carbons (Fsp3) is 0.188. The fourth-order valence-corrected chi connectivity index (χ4v) is 2.62. The zero-order valence-electron chi connectivity index (χ0n) is 11.7. The summed E-state index contributed by atoms with van der Waals surface area (Å²) in [6, 6.07) is 11.7. The summed E-state index contributed by atoms with van der Waals surface area (Å²) in [5.41, 5.74) is 9.59. The first-order valence-corrected chi connectivity index (χ1v) is 7.11. The fourth-order valence-electron chi connectivity index (χ4n) is 2.45. The molecule has 2 heterocycles. The van der Waals surface area contributed by atoms with Gasteiger partial charge in [-0.1, -0.05) is 23.7 Å². The third-order valence-electron chi connectivity index (χ3n) is 3.38. The predicted octanol–water partition coefficient (Wildman–Crippen LogP) is 3.16. The molecule has 2 aromatic heterocycles. The van der Waals surface area contributed by atoms with Crippen molar-refractivity contribution in [1.29, 1.82) is 0 Å². The summed E-state index contributed by atoms with van der Waals surface area (Å²) in [5.74, 6) is 0.808. The van der Waals surface area contributed by atoms with Gasteiger partial charge in [0.25, 0.3) is 0 Å². The minimum atomic E-state index is 0.550. The van der Waals surface area contributed by atoms with Crippen LogP contribution in [-0.4, -0.2) is 23.0 Å². The van der Waals surface area contributed by atoms with Crippen molar-refractivity contribution in [2.24, 2.45) is 5.73 Å². The maximum atomic E-state index is 6.12. The van der Waals surface area contributed by atoms with Crippen LogP contribution in [0.2, 0.25) is 5.02 Å². The number of methoxy groups -OCH3 is 1. The second-order valence-corrected chi connectivity index (χ2v) is 5.19. The van der Waals surface area contributed by atoms with Crippen molar-refractivity contribution in [2.75, 3.05) is 13.7 Å². The van der Waals surface area contributed by atoms with Crippen LogP contribution in [0.3, 0.4) is 0 Å². The van der Waals surface area contributed by atoms with Crippen molar-refractivity contribution in [3.05, 3.63) is 53.3 Å². The average Bonchev–Trinajstić information content (AvgIpc) is 2.85. The lowest BCUT2D eigenvalue weighted by molar-refractivity contribution is 0.415. The van der Waals surface area contributed by atoms with Crippen LogP contribution < -0.4 is 10.5 Å². The Labute approximate surface area is 128 Å². The second kappa shape index (κ2) is 5.76. The van der Waals surface area contributed by atoms with E-state index < -0.39 is 0 Å². The molecule has 4 nitrogen and oxygen atoms in total. The zero-order chi connectivity index (χ0) is 14.8. The second-order valence-electron chi connectivity index (χ2n) is 4.75. The van der Waals surface area contributed by atoms with E-state index >= 15 is 0 Å². The molecular weight excluding hydrogens is 286 g/mol. The molecule has 0 fully saturated rings. The molecule has 1 aromatic carbocycles. The van der Waals surface area contributed by atoms with E-state index in [1.54, 1.807) is 7.11 Å². The van der Waals surface area contributed by atoms with Gasteiger partial charge in [0, 0.05) is 18.2 Å². The minimum Gasteiger partial charge on any atom is -0.497 e. The average molecular weight is 302 g/mol. The van der Waals surface area contributed by atoms with Crippen LogP contribution in [0.4, 0.5) is 0 Å². The Kier molecular flexibility index (Phi) is 3.82. The zero-order valence-corrected chi connectivity index (χ0v) is 12.5. The number of imidazole rings is 1. The SMILES string of the molecule is COc1cccc(-c2c(CCN)nc3ccc(Cl)cn23)c1. The van der Waals surface area contributed by atoms with Crippen LogP contribution in [0.1, 0.15) is 5.69 Å². The number of aromatic nitrogens is 2. The number of hydrogen-bond donors (Lipinski definition) is 1. The molecule has 0 saturated heterocycles. The summed E-state index contributed by atoms with van der Waals surface area (Å²) in [6.45, 7) is 0.550. The van der Waals surface area contributed by atoms with Gasteiger partial charge in [0.2, 0.25) is 0 Å². The molecule has 0 aliphatic carbocycles. The Bertz CT molecular complexity index is 782. The number of hydrogen-bond acceptors (Lipinski definition) is 3. The van der Waals surface area contributed by atoms with E-state index in [2.05, 4.69) is 4.98 Å². The van der Waals surface area contributed by atoms with Crippen molar-refractivity contribution < 1.29 is 4.74 Å². The number of nitrogens with zero attached hydrogens (tertiary/aromatic N) is 2. The maximum Gasteiger partial charge on any atom is 0.137 e. The first kappa shape index (κ1) is 13.9. The quantitative estimate of drug-likeness (QED) is 0.805. The molecule has 0 radical (unpaired) electrons. The van der Waals surface area contributed by atoms with Crippen molar-refractivity contribution in [3.63, 3.8) is 0 Å². The number of rotatable bonds is 4. The van der Waals surface area contributed by atoms with Crippen molar-refractivity contribution in [2.45, 2.75) is 6.42 Å². The lowest BCUT2D eigenvalue weighted by Gasteiger charge is -2.07. The van der Waals surface area contributed by atoms with Crippen molar-refractivity contribution in [3.8, 4) is 17.0 Å². The number of fused-ring (bicyclic) bond motifs is 1. The highest BCUT2D eigenvalue weighted by atomic mass is 35.5. The summed E-state index contributed by atoms with van der Waals surface area (Å²) in [6.07, 6.45) is 2.59. The number of halogens is 1. The molecule has 3 aromatic rings. The minimum absolute atomic E-state index is 0.550. The van der Waals surface area contributed by atoms with Gasteiger partial charge in [0.05, 0.1) is 23.5 Å². The lowest BCUT2D eigenvalue weighted by atomic mass is 10.1. The molecule has 0 amide bonds. The molecule has 0 unspecified atom stereocenters. The highest BCUT2D eigenvalue weighted by Crippen LogP contribution is 2.29. The molecule has 3 rings (SSSR count). The van der Waals surface area contributed by atoms with Crippen LogP contribution in [0.15, 0.2) is 42.6 Å². The third kappa shape index (κ3) is 2.60. The van der Waals surface area contributed by atoms with Crippen molar-refractivity contribution in [1.82, 2.24) is 9.38 Å². The van der Waals surface area contributed by atoms with E-state index in [1.807, 2.05) is 47.0 Å². The monoisotopic (exact) mass is 301 g/mol. The molecule has 2 N–H and O–H groups in total. The summed E-state index contributed by atoms with van der Waals surface area (Å²) < 4.78 is 7.31.